The fraction of sp³-hybridized carbons (Fsp3) is 0.188. The first-order valence-corrected chi connectivity index (χ1v) is 5.93. The van der Waals surface area contributed by atoms with Gasteiger partial charge < -0.3 is 4.74 Å². The zero-order chi connectivity index (χ0) is 13.0. The van der Waals surface area contributed by atoms with Gasteiger partial charge in [0.15, 0.2) is 0 Å². The number of rotatable bonds is 4. The molecule has 18 heavy (non-hydrogen) atoms. The number of hydrogen-bond acceptors (Lipinski definition) is 2. The maximum Gasteiger partial charge on any atom is 0.150 e. The minimum absolute atomic E-state index is 0.414. The summed E-state index contributed by atoms with van der Waals surface area (Å²) in [5.74, 6) is 0.841. The molecule has 0 saturated carbocycles. The Labute approximate surface area is 107 Å². The van der Waals surface area contributed by atoms with Gasteiger partial charge >= 0.3 is 0 Å². The van der Waals surface area contributed by atoms with E-state index < -0.39 is 0 Å². The zero-order valence-electron chi connectivity index (χ0n) is 10.6. The lowest BCUT2D eigenvalue weighted by atomic mass is 10.1. The summed E-state index contributed by atoms with van der Waals surface area (Å²) in [4.78, 5) is 10.9. The SMILES string of the molecule is Cc1cc(C)cc(OCc2ccccc2C=O)c1. The normalized spacial score (nSPS) is 10.1. The smallest absolute Gasteiger partial charge is 0.150 e. The van der Waals surface area contributed by atoms with Crippen molar-refractivity contribution >= 4 is 6.29 Å². The minimum atomic E-state index is 0.414. The van der Waals surface area contributed by atoms with E-state index in [0.29, 0.717) is 12.2 Å². The molecule has 0 atom stereocenters. The van der Waals surface area contributed by atoms with Gasteiger partial charge in [-0.1, -0.05) is 30.3 Å². The highest BCUT2D eigenvalue weighted by Crippen LogP contribution is 2.18. The fourth-order valence-corrected chi connectivity index (χ4v) is 1.96. The first-order chi connectivity index (χ1) is 8.69. The van der Waals surface area contributed by atoms with Crippen LogP contribution in [-0.2, 0) is 6.61 Å². The Morgan fingerprint density at radius 3 is 2.39 bits per heavy atom. The molecule has 2 rings (SSSR count). The second kappa shape index (κ2) is 5.50. The average molecular weight is 240 g/mol. The molecule has 2 aromatic rings. The molecule has 2 aromatic carbocycles. The molecule has 92 valence electrons. The Balaban J connectivity index is 2.13. The summed E-state index contributed by atoms with van der Waals surface area (Å²) >= 11 is 0. The summed E-state index contributed by atoms with van der Waals surface area (Å²) in [5, 5.41) is 0. The summed E-state index contributed by atoms with van der Waals surface area (Å²) in [6, 6.07) is 13.6. The first kappa shape index (κ1) is 12.4. The molecule has 0 aliphatic carbocycles. The number of hydrogen-bond donors (Lipinski definition) is 0. The van der Waals surface area contributed by atoms with Crippen molar-refractivity contribution in [3.05, 3.63) is 64.7 Å². The average Bonchev–Trinajstić information content (AvgIpc) is 2.35. The number of carbonyl (C=O) groups excluding carboxylic acids is 1. The Morgan fingerprint density at radius 1 is 1.06 bits per heavy atom. The van der Waals surface area contributed by atoms with Crippen molar-refractivity contribution in [1.82, 2.24) is 0 Å². The molecule has 0 aliphatic heterocycles. The molecule has 2 heteroatoms. The standard InChI is InChI=1S/C16H16O2/c1-12-7-13(2)9-16(8-12)18-11-15-6-4-3-5-14(15)10-17/h3-10H,11H2,1-2H3. The lowest BCUT2D eigenvalue weighted by molar-refractivity contribution is 0.112. The maximum absolute atomic E-state index is 10.9. The largest absolute Gasteiger partial charge is 0.489 e. The van der Waals surface area contributed by atoms with Crippen LogP contribution in [0.15, 0.2) is 42.5 Å². The van der Waals surface area contributed by atoms with Gasteiger partial charge in [-0.05, 0) is 42.7 Å². The summed E-state index contributed by atoms with van der Waals surface area (Å²) in [6.45, 7) is 4.50. The van der Waals surface area contributed by atoms with E-state index in [0.717, 1.165) is 17.6 Å². The predicted molar refractivity (Wildman–Crippen MR) is 72.1 cm³/mol. The highest BCUT2D eigenvalue weighted by atomic mass is 16.5. The Hall–Kier alpha value is -2.09. The van der Waals surface area contributed by atoms with Crippen LogP contribution in [0.5, 0.6) is 5.75 Å². The van der Waals surface area contributed by atoms with Crippen molar-refractivity contribution < 1.29 is 9.53 Å². The van der Waals surface area contributed by atoms with E-state index in [1.165, 1.54) is 11.1 Å². The van der Waals surface area contributed by atoms with Crippen molar-refractivity contribution in [1.29, 1.82) is 0 Å². The minimum Gasteiger partial charge on any atom is -0.489 e. The summed E-state index contributed by atoms with van der Waals surface area (Å²) in [7, 11) is 0. The number of benzene rings is 2. The first-order valence-electron chi connectivity index (χ1n) is 5.93. The summed E-state index contributed by atoms with van der Waals surface area (Å²) < 4.78 is 5.74. The number of ether oxygens (including phenoxy) is 1. The Bertz CT molecular complexity index is 539. The van der Waals surface area contributed by atoms with E-state index in [-0.39, 0.29) is 0 Å². The molecule has 0 fully saturated rings. The van der Waals surface area contributed by atoms with E-state index in [2.05, 4.69) is 6.07 Å². The topological polar surface area (TPSA) is 26.3 Å². The zero-order valence-corrected chi connectivity index (χ0v) is 10.6. The van der Waals surface area contributed by atoms with Crippen LogP contribution in [0.3, 0.4) is 0 Å². The number of aldehydes is 1. The fourth-order valence-electron chi connectivity index (χ4n) is 1.96. The van der Waals surface area contributed by atoms with Crippen LogP contribution in [0.2, 0.25) is 0 Å². The van der Waals surface area contributed by atoms with E-state index in [1.54, 1.807) is 6.07 Å². The Kier molecular flexibility index (Phi) is 3.78. The van der Waals surface area contributed by atoms with Gasteiger partial charge in [0, 0.05) is 5.56 Å². The molecule has 0 amide bonds. The molecule has 0 aliphatic rings. The Morgan fingerprint density at radius 2 is 1.72 bits per heavy atom. The summed E-state index contributed by atoms with van der Waals surface area (Å²) in [5.41, 5.74) is 3.94. The van der Waals surface area contributed by atoms with Crippen LogP contribution < -0.4 is 4.74 Å². The van der Waals surface area contributed by atoms with Gasteiger partial charge in [-0.25, -0.2) is 0 Å². The molecular formula is C16H16O2. The number of carbonyl (C=O) groups is 1. The van der Waals surface area contributed by atoms with Crippen molar-refractivity contribution in [2.45, 2.75) is 20.5 Å². The molecule has 2 nitrogen and oxygen atoms in total. The van der Waals surface area contributed by atoms with E-state index in [4.69, 9.17) is 4.74 Å². The quantitative estimate of drug-likeness (QED) is 0.762. The lowest BCUT2D eigenvalue weighted by Crippen LogP contribution is -1.99. The van der Waals surface area contributed by atoms with Gasteiger partial charge in [0.25, 0.3) is 0 Å². The van der Waals surface area contributed by atoms with Crippen molar-refractivity contribution in [3.8, 4) is 5.75 Å². The maximum atomic E-state index is 10.9. The molecule has 0 spiro atoms. The molecule has 0 saturated heterocycles. The van der Waals surface area contributed by atoms with Crippen LogP contribution in [0, 0.1) is 13.8 Å². The van der Waals surface area contributed by atoms with Gasteiger partial charge in [-0.3, -0.25) is 4.79 Å². The van der Waals surface area contributed by atoms with Crippen LogP contribution in [0.1, 0.15) is 27.0 Å². The monoisotopic (exact) mass is 240 g/mol. The van der Waals surface area contributed by atoms with E-state index >= 15 is 0 Å². The third kappa shape index (κ3) is 2.98. The van der Waals surface area contributed by atoms with Crippen molar-refractivity contribution in [2.24, 2.45) is 0 Å². The molecule has 0 heterocycles. The van der Waals surface area contributed by atoms with Gasteiger partial charge in [-0.2, -0.15) is 0 Å². The van der Waals surface area contributed by atoms with Crippen LogP contribution in [-0.4, -0.2) is 6.29 Å². The van der Waals surface area contributed by atoms with Crippen LogP contribution in [0.4, 0.5) is 0 Å². The highest BCUT2D eigenvalue weighted by molar-refractivity contribution is 5.77. The molecule has 0 bridgehead atoms. The van der Waals surface area contributed by atoms with E-state index in [9.17, 15) is 4.79 Å². The third-order valence-corrected chi connectivity index (χ3v) is 2.77. The predicted octanol–water partition coefficient (Wildman–Crippen LogP) is 3.69. The lowest BCUT2D eigenvalue weighted by Gasteiger charge is -2.09. The second-order valence-corrected chi connectivity index (χ2v) is 4.43. The van der Waals surface area contributed by atoms with Crippen LogP contribution >= 0.6 is 0 Å². The van der Waals surface area contributed by atoms with E-state index in [1.807, 2.05) is 44.2 Å². The molecule has 0 N–H and O–H groups in total. The van der Waals surface area contributed by atoms with Gasteiger partial charge in [0.1, 0.15) is 18.6 Å². The van der Waals surface area contributed by atoms with Crippen molar-refractivity contribution in [3.63, 3.8) is 0 Å². The highest BCUT2D eigenvalue weighted by Gasteiger charge is 2.02. The molecule has 0 radical (unpaired) electrons. The molecule has 0 aromatic heterocycles. The van der Waals surface area contributed by atoms with Crippen LogP contribution in [0.25, 0.3) is 0 Å². The summed E-state index contributed by atoms with van der Waals surface area (Å²) in [6.07, 6.45) is 0.861. The van der Waals surface area contributed by atoms with Crippen molar-refractivity contribution in [2.75, 3.05) is 0 Å². The molecule has 0 unspecified atom stereocenters. The van der Waals surface area contributed by atoms with Gasteiger partial charge in [-0.15, -0.1) is 0 Å². The third-order valence-electron chi connectivity index (χ3n) is 2.77. The second-order valence-electron chi connectivity index (χ2n) is 4.43. The molecular weight excluding hydrogens is 224 g/mol. The number of aryl methyl sites for hydroxylation is 2. The van der Waals surface area contributed by atoms with Gasteiger partial charge in [0.05, 0.1) is 0 Å². The van der Waals surface area contributed by atoms with Gasteiger partial charge in [0.2, 0.25) is 0 Å².